The second-order valence-corrected chi connectivity index (χ2v) is 6.02. The molecule has 2 aliphatic rings. The molecule has 2 atom stereocenters. The van der Waals surface area contributed by atoms with Gasteiger partial charge in [0.05, 0.1) is 6.04 Å². The van der Waals surface area contributed by atoms with E-state index >= 15 is 0 Å². The SMILES string of the molecule is O=C1C=CC(C(=O)NCC(Cc2cccc(F)c2)N2CCNC2=O)N=N1. The minimum Gasteiger partial charge on any atom is -0.352 e. The smallest absolute Gasteiger partial charge is 0.317 e. The Kier molecular flexibility index (Phi) is 5.35. The summed E-state index contributed by atoms with van der Waals surface area (Å²) in [6, 6.07) is 4.72. The largest absolute Gasteiger partial charge is 0.352 e. The number of benzene rings is 1. The molecule has 0 bridgehead atoms. The lowest BCUT2D eigenvalue weighted by Crippen LogP contribution is -2.48. The number of carbonyl (C=O) groups excluding carboxylic acids is 3. The van der Waals surface area contributed by atoms with Gasteiger partial charge in [-0.1, -0.05) is 12.1 Å². The van der Waals surface area contributed by atoms with E-state index in [0.29, 0.717) is 19.5 Å². The normalized spacial score (nSPS) is 20.2. The monoisotopic (exact) mass is 359 g/mol. The van der Waals surface area contributed by atoms with Crippen LogP contribution in [0.5, 0.6) is 0 Å². The second-order valence-electron chi connectivity index (χ2n) is 6.02. The molecule has 0 aromatic heterocycles. The molecule has 0 saturated carbocycles. The van der Waals surface area contributed by atoms with Crippen molar-refractivity contribution in [2.75, 3.05) is 19.6 Å². The zero-order chi connectivity index (χ0) is 18.5. The predicted octanol–water partition coefficient (Wildman–Crippen LogP) is 0.795. The molecule has 4 amide bonds. The average molecular weight is 359 g/mol. The number of hydrogen-bond acceptors (Lipinski definition) is 4. The van der Waals surface area contributed by atoms with Crippen molar-refractivity contribution in [2.45, 2.75) is 18.5 Å². The molecule has 8 nitrogen and oxygen atoms in total. The Morgan fingerprint density at radius 3 is 2.92 bits per heavy atom. The number of rotatable bonds is 6. The lowest BCUT2D eigenvalue weighted by molar-refractivity contribution is -0.121. The van der Waals surface area contributed by atoms with Gasteiger partial charge in [0.15, 0.2) is 6.04 Å². The van der Waals surface area contributed by atoms with Crippen LogP contribution in [0.15, 0.2) is 46.6 Å². The van der Waals surface area contributed by atoms with Crippen LogP contribution in [0.1, 0.15) is 5.56 Å². The van der Waals surface area contributed by atoms with Crippen molar-refractivity contribution in [3.05, 3.63) is 47.8 Å². The summed E-state index contributed by atoms with van der Waals surface area (Å²) in [7, 11) is 0. The Bertz CT molecular complexity index is 763. The Hall–Kier alpha value is -3.10. The second kappa shape index (κ2) is 7.85. The molecule has 0 aliphatic carbocycles. The summed E-state index contributed by atoms with van der Waals surface area (Å²) >= 11 is 0. The third kappa shape index (κ3) is 4.29. The molecule has 1 saturated heterocycles. The fourth-order valence-corrected chi connectivity index (χ4v) is 2.89. The summed E-state index contributed by atoms with van der Waals surface area (Å²) in [5.41, 5.74) is 0.729. The maximum atomic E-state index is 13.4. The number of urea groups is 1. The minimum absolute atomic E-state index is 0.177. The standard InChI is InChI=1S/C17H18FN5O3/c18-12-3-1-2-11(8-12)9-13(23-7-6-19-17(23)26)10-20-16(25)14-4-5-15(24)22-21-14/h1-5,8,13-14H,6-7,9-10H2,(H,19,26)(H,20,25). The number of azo groups is 1. The van der Waals surface area contributed by atoms with Gasteiger partial charge in [-0.15, -0.1) is 5.11 Å². The van der Waals surface area contributed by atoms with Crippen molar-refractivity contribution in [3.8, 4) is 0 Å². The minimum atomic E-state index is -0.866. The molecule has 3 rings (SSSR count). The van der Waals surface area contributed by atoms with E-state index in [9.17, 15) is 18.8 Å². The number of hydrogen-bond donors (Lipinski definition) is 2. The first-order valence-corrected chi connectivity index (χ1v) is 8.22. The fourth-order valence-electron chi connectivity index (χ4n) is 2.89. The van der Waals surface area contributed by atoms with Crippen molar-refractivity contribution >= 4 is 17.8 Å². The molecule has 1 aromatic rings. The highest BCUT2D eigenvalue weighted by atomic mass is 19.1. The van der Waals surface area contributed by atoms with Gasteiger partial charge in [-0.2, -0.15) is 5.11 Å². The fraction of sp³-hybridized carbons (Fsp3) is 0.353. The van der Waals surface area contributed by atoms with Crippen LogP contribution in [0.3, 0.4) is 0 Å². The van der Waals surface area contributed by atoms with Crippen LogP contribution in [0.4, 0.5) is 9.18 Å². The van der Waals surface area contributed by atoms with Crippen LogP contribution < -0.4 is 10.6 Å². The van der Waals surface area contributed by atoms with Crippen molar-refractivity contribution in [3.63, 3.8) is 0 Å². The van der Waals surface area contributed by atoms with E-state index in [1.165, 1.54) is 24.3 Å². The molecule has 2 aliphatic heterocycles. The highest BCUT2D eigenvalue weighted by Gasteiger charge is 2.29. The van der Waals surface area contributed by atoms with Gasteiger partial charge in [0.1, 0.15) is 5.82 Å². The topological polar surface area (TPSA) is 103 Å². The molecule has 9 heteroatoms. The number of nitrogens with one attached hydrogen (secondary N) is 2. The molecule has 26 heavy (non-hydrogen) atoms. The van der Waals surface area contributed by atoms with E-state index in [-0.39, 0.29) is 24.4 Å². The number of amides is 4. The van der Waals surface area contributed by atoms with Crippen molar-refractivity contribution in [2.24, 2.45) is 10.2 Å². The van der Waals surface area contributed by atoms with Gasteiger partial charge in [-0.25, -0.2) is 9.18 Å². The Morgan fingerprint density at radius 2 is 2.27 bits per heavy atom. The summed E-state index contributed by atoms with van der Waals surface area (Å²) in [4.78, 5) is 36.8. The molecule has 136 valence electrons. The molecule has 2 unspecified atom stereocenters. The van der Waals surface area contributed by atoms with Crippen LogP contribution in [-0.4, -0.2) is 54.5 Å². The molecule has 2 N–H and O–H groups in total. The van der Waals surface area contributed by atoms with Gasteiger partial charge in [0, 0.05) is 25.7 Å². The molecular formula is C17H18FN5O3. The summed E-state index contributed by atoms with van der Waals surface area (Å²) < 4.78 is 13.4. The molecule has 0 radical (unpaired) electrons. The molecule has 0 spiro atoms. The van der Waals surface area contributed by atoms with E-state index in [1.807, 2.05) is 0 Å². The lowest BCUT2D eigenvalue weighted by Gasteiger charge is -2.27. The number of nitrogens with zero attached hydrogens (tertiary/aromatic N) is 3. The van der Waals surface area contributed by atoms with Crippen molar-refractivity contribution < 1.29 is 18.8 Å². The lowest BCUT2D eigenvalue weighted by atomic mass is 10.0. The highest BCUT2D eigenvalue weighted by Crippen LogP contribution is 2.13. The van der Waals surface area contributed by atoms with Gasteiger partial charge in [-0.05, 0) is 30.2 Å². The van der Waals surface area contributed by atoms with Crippen LogP contribution in [0, 0.1) is 5.82 Å². The molecule has 2 heterocycles. The quantitative estimate of drug-likeness (QED) is 0.785. The number of carbonyl (C=O) groups is 3. The first-order valence-electron chi connectivity index (χ1n) is 8.22. The maximum Gasteiger partial charge on any atom is 0.317 e. The van der Waals surface area contributed by atoms with Gasteiger partial charge in [-0.3, -0.25) is 9.59 Å². The van der Waals surface area contributed by atoms with Crippen LogP contribution >= 0.6 is 0 Å². The summed E-state index contributed by atoms with van der Waals surface area (Å²) in [5, 5.41) is 12.4. The Morgan fingerprint density at radius 1 is 1.42 bits per heavy atom. The summed E-state index contributed by atoms with van der Waals surface area (Å²) in [5.74, 6) is -1.28. The van der Waals surface area contributed by atoms with Gasteiger partial charge < -0.3 is 15.5 Å². The first kappa shape index (κ1) is 17.7. The predicted molar refractivity (Wildman–Crippen MR) is 89.8 cm³/mol. The van der Waals surface area contributed by atoms with E-state index < -0.39 is 17.9 Å². The van der Waals surface area contributed by atoms with Gasteiger partial charge in [0.2, 0.25) is 0 Å². The van der Waals surface area contributed by atoms with Crippen LogP contribution in [-0.2, 0) is 16.0 Å². The highest BCUT2D eigenvalue weighted by molar-refractivity contribution is 5.92. The maximum absolute atomic E-state index is 13.4. The van der Waals surface area contributed by atoms with E-state index in [4.69, 9.17) is 0 Å². The van der Waals surface area contributed by atoms with Crippen LogP contribution in [0.25, 0.3) is 0 Å². The molecule has 1 fully saturated rings. The average Bonchev–Trinajstić information content (AvgIpc) is 3.05. The van der Waals surface area contributed by atoms with Gasteiger partial charge in [0.25, 0.3) is 11.8 Å². The van der Waals surface area contributed by atoms with E-state index in [1.54, 1.807) is 17.0 Å². The zero-order valence-electron chi connectivity index (χ0n) is 13.9. The third-order valence-electron chi connectivity index (χ3n) is 4.17. The third-order valence-corrected chi connectivity index (χ3v) is 4.17. The first-order chi connectivity index (χ1) is 12.5. The van der Waals surface area contributed by atoms with Crippen LogP contribution in [0.2, 0.25) is 0 Å². The Balaban J connectivity index is 1.66. The summed E-state index contributed by atoms with van der Waals surface area (Å²) in [6.07, 6.45) is 2.95. The van der Waals surface area contributed by atoms with E-state index in [2.05, 4.69) is 20.9 Å². The van der Waals surface area contributed by atoms with Crippen molar-refractivity contribution in [1.29, 1.82) is 0 Å². The molecular weight excluding hydrogens is 341 g/mol. The molecule has 1 aromatic carbocycles. The summed E-state index contributed by atoms with van der Waals surface area (Å²) in [6.45, 7) is 1.21. The zero-order valence-corrected chi connectivity index (χ0v) is 13.9. The van der Waals surface area contributed by atoms with Gasteiger partial charge >= 0.3 is 6.03 Å². The van der Waals surface area contributed by atoms with Crippen molar-refractivity contribution in [1.82, 2.24) is 15.5 Å². The number of halogens is 1. The van der Waals surface area contributed by atoms with E-state index in [0.717, 1.165) is 5.56 Å². The Labute approximate surface area is 149 Å².